The molecule has 2 amide bonds. The Bertz CT molecular complexity index is 1400. The molecule has 0 bridgehead atoms. The first-order valence-corrected chi connectivity index (χ1v) is 11.8. The van der Waals surface area contributed by atoms with Crippen molar-refractivity contribution >= 4 is 56.7 Å². The normalized spacial score (nSPS) is 10.9. The van der Waals surface area contributed by atoms with Crippen molar-refractivity contribution in [2.45, 2.75) is 13.5 Å². The molecule has 0 aliphatic carbocycles. The molecule has 0 fully saturated rings. The van der Waals surface area contributed by atoms with E-state index in [0.717, 1.165) is 21.2 Å². The lowest BCUT2D eigenvalue weighted by Gasteiger charge is -2.11. The summed E-state index contributed by atoms with van der Waals surface area (Å²) in [6.45, 7) is 1.71. The van der Waals surface area contributed by atoms with Crippen molar-refractivity contribution < 1.29 is 19.1 Å². The molecule has 1 aromatic heterocycles. The van der Waals surface area contributed by atoms with Gasteiger partial charge in [0.15, 0.2) is 0 Å². The highest BCUT2D eigenvalue weighted by Crippen LogP contribution is 2.35. The molecule has 0 radical (unpaired) electrons. The number of hydrogen-bond acceptors (Lipinski definition) is 6. The zero-order chi connectivity index (χ0) is 24.8. The Balaban J connectivity index is 1.41. The first kappa shape index (κ1) is 24.3. The summed E-state index contributed by atoms with van der Waals surface area (Å²) in [5, 5.41) is 8.07. The van der Waals surface area contributed by atoms with E-state index in [-0.39, 0.29) is 18.4 Å². The van der Waals surface area contributed by atoms with Gasteiger partial charge in [0.05, 0.1) is 18.3 Å². The molecule has 0 aliphatic heterocycles. The van der Waals surface area contributed by atoms with Gasteiger partial charge in [0.1, 0.15) is 23.0 Å². The van der Waals surface area contributed by atoms with Crippen LogP contribution in [0.5, 0.6) is 11.5 Å². The summed E-state index contributed by atoms with van der Waals surface area (Å²) in [5.41, 5.74) is 4.80. The minimum Gasteiger partial charge on any atom is -0.496 e. The summed E-state index contributed by atoms with van der Waals surface area (Å²) in [6.07, 6.45) is 1.55. The van der Waals surface area contributed by atoms with Crippen molar-refractivity contribution in [3.63, 3.8) is 0 Å². The zero-order valence-electron chi connectivity index (χ0n) is 19.0. The van der Waals surface area contributed by atoms with Crippen LogP contribution in [0, 0.1) is 0 Å². The second kappa shape index (κ2) is 11.0. The summed E-state index contributed by atoms with van der Waals surface area (Å²) >= 11 is 7.69. The lowest BCUT2D eigenvalue weighted by atomic mass is 10.1. The number of halogens is 1. The van der Waals surface area contributed by atoms with Gasteiger partial charge in [-0.3, -0.25) is 9.59 Å². The van der Waals surface area contributed by atoms with Gasteiger partial charge < -0.3 is 14.8 Å². The van der Waals surface area contributed by atoms with Gasteiger partial charge in [0, 0.05) is 28.3 Å². The molecular formula is C26H22ClN3O4S. The van der Waals surface area contributed by atoms with Crippen molar-refractivity contribution in [2.75, 3.05) is 12.4 Å². The number of hydrazone groups is 1. The molecule has 1 heterocycles. The van der Waals surface area contributed by atoms with Crippen molar-refractivity contribution in [1.82, 2.24) is 5.43 Å². The predicted octanol–water partition coefficient (Wildman–Crippen LogP) is 5.86. The molecule has 178 valence electrons. The number of methoxy groups -OCH3 is 1. The van der Waals surface area contributed by atoms with Crippen LogP contribution < -0.4 is 20.2 Å². The van der Waals surface area contributed by atoms with Crippen molar-refractivity contribution in [3.8, 4) is 11.5 Å². The van der Waals surface area contributed by atoms with Gasteiger partial charge in [0.25, 0.3) is 5.91 Å². The zero-order valence-corrected chi connectivity index (χ0v) is 20.6. The number of nitrogens with one attached hydrogen (secondary N) is 2. The largest absolute Gasteiger partial charge is 0.496 e. The standard InChI is InChI=1S/C26H22ClN3O4S/c1-16(31)29-19-8-10-20(11-9-19)34-15-18-13-17(7-12-22(18)33-2)14-28-30-26(32)25-24(27)21-5-3-4-6-23(21)35-25/h3-14H,15H2,1-2H3,(H,29,31)(H,30,32)/b28-14-. The van der Waals surface area contributed by atoms with E-state index in [4.69, 9.17) is 21.1 Å². The molecule has 35 heavy (non-hydrogen) atoms. The number of carbonyl (C=O) groups excluding carboxylic acids is 2. The van der Waals surface area contributed by atoms with E-state index in [0.29, 0.717) is 27.1 Å². The highest BCUT2D eigenvalue weighted by molar-refractivity contribution is 7.21. The number of ether oxygens (including phenoxy) is 2. The second-order valence-corrected chi connectivity index (χ2v) is 8.94. The lowest BCUT2D eigenvalue weighted by Crippen LogP contribution is -2.16. The van der Waals surface area contributed by atoms with Crippen LogP contribution in [0.1, 0.15) is 27.7 Å². The number of nitrogens with zero attached hydrogens (tertiary/aromatic N) is 1. The highest BCUT2D eigenvalue weighted by atomic mass is 35.5. The fourth-order valence-electron chi connectivity index (χ4n) is 3.37. The van der Waals surface area contributed by atoms with Crippen molar-refractivity contribution in [1.29, 1.82) is 0 Å². The van der Waals surface area contributed by atoms with Gasteiger partial charge in [0.2, 0.25) is 5.91 Å². The fourth-order valence-corrected chi connectivity index (χ4v) is 4.77. The van der Waals surface area contributed by atoms with E-state index in [2.05, 4.69) is 15.8 Å². The van der Waals surface area contributed by atoms with Crippen molar-refractivity contribution in [3.05, 3.63) is 87.8 Å². The van der Waals surface area contributed by atoms with Gasteiger partial charge >= 0.3 is 0 Å². The minimum atomic E-state index is -0.368. The molecule has 3 aromatic carbocycles. The quantitative estimate of drug-likeness (QED) is 0.231. The van der Waals surface area contributed by atoms with E-state index in [1.54, 1.807) is 37.6 Å². The molecule has 4 rings (SSSR count). The smallest absolute Gasteiger partial charge is 0.283 e. The summed E-state index contributed by atoms with van der Waals surface area (Å²) in [7, 11) is 1.59. The van der Waals surface area contributed by atoms with Crippen molar-refractivity contribution in [2.24, 2.45) is 5.10 Å². The first-order chi connectivity index (χ1) is 16.9. The van der Waals surface area contributed by atoms with Gasteiger partial charge in [-0.1, -0.05) is 29.8 Å². The lowest BCUT2D eigenvalue weighted by molar-refractivity contribution is -0.114. The van der Waals surface area contributed by atoms with Crippen LogP contribution in [0.25, 0.3) is 10.1 Å². The number of benzene rings is 3. The summed E-state index contributed by atoms with van der Waals surface area (Å²) in [5.74, 6) is 0.808. The topological polar surface area (TPSA) is 89.0 Å². The van der Waals surface area contributed by atoms with E-state index < -0.39 is 0 Å². The Hall–Kier alpha value is -3.88. The Morgan fingerprint density at radius 3 is 2.57 bits per heavy atom. The number of rotatable bonds is 8. The third-order valence-electron chi connectivity index (χ3n) is 4.99. The molecule has 0 aliphatic rings. The van der Waals surface area contributed by atoms with Crippen LogP contribution in [-0.2, 0) is 11.4 Å². The fraction of sp³-hybridized carbons (Fsp3) is 0.115. The van der Waals surface area contributed by atoms with E-state index in [9.17, 15) is 9.59 Å². The number of carbonyl (C=O) groups is 2. The van der Waals surface area contributed by atoms with E-state index in [1.807, 2.05) is 42.5 Å². The van der Waals surface area contributed by atoms with Crippen LogP contribution in [0.2, 0.25) is 5.02 Å². The molecule has 2 N–H and O–H groups in total. The van der Waals surface area contributed by atoms with E-state index >= 15 is 0 Å². The molecular weight excluding hydrogens is 486 g/mol. The molecule has 0 saturated heterocycles. The summed E-state index contributed by atoms with van der Waals surface area (Å²) in [6, 6.07) is 20.2. The van der Waals surface area contributed by atoms with Crippen LogP contribution >= 0.6 is 22.9 Å². The average Bonchev–Trinajstić information content (AvgIpc) is 3.20. The Morgan fingerprint density at radius 2 is 1.86 bits per heavy atom. The second-order valence-electron chi connectivity index (χ2n) is 7.51. The third kappa shape index (κ3) is 5.98. The van der Waals surface area contributed by atoms with Crippen LogP contribution in [0.4, 0.5) is 5.69 Å². The first-order valence-electron chi connectivity index (χ1n) is 10.6. The minimum absolute atomic E-state index is 0.134. The van der Waals surface area contributed by atoms with Gasteiger partial charge in [-0.25, -0.2) is 5.43 Å². The number of fused-ring (bicyclic) bond motifs is 1. The maximum absolute atomic E-state index is 12.6. The Kier molecular flexibility index (Phi) is 7.64. The van der Waals surface area contributed by atoms with Crippen LogP contribution in [-0.4, -0.2) is 25.1 Å². The van der Waals surface area contributed by atoms with Gasteiger partial charge in [-0.05, 0) is 54.1 Å². The Labute approximate surface area is 211 Å². The van der Waals surface area contributed by atoms with Gasteiger partial charge in [-0.15, -0.1) is 11.3 Å². The maximum atomic E-state index is 12.6. The molecule has 7 nitrogen and oxygen atoms in total. The number of anilines is 1. The molecule has 0 spiro atoms. The number of thiophene rings is 1. The molecule has 9 heteroatoms. The Morgan fingerprint density at radius 1 is 1.09 bits per heavy atom. The summed E-state index contributed by atoms with van der Waals surface area (Å²) < 4.78 is 12.3. The maximum Gasteiger partial charge on any atom is 0.283 e. The molecule has 0 atom stereocenters. The monoisotopic (exact) mass is 507 g/mol. The number of amides is 2. The van der Waals surface area contributed by atoms with Crippen LogP contribution in [0.15, 0.2) is 71.8 Å². The predicted molar refractivity (Wildman–Crippen MR) is 140 cm³/mol. The number of hydrogen-bond donors (Lipinski definition) is 2. The third-order valence-corrected chi connectivity index (χ3v) is 6.67. The SMILES string of the molecule is COc1ccc(/C=N\NC(=O)c2sc3ccccc3c2Cl)cc1COc1ccc(NC(C)=O)cc1. The van der Waals surface area contributed by atoms with E-state index in [1.165, 1.54) is 18.3 Å². The molecule has 4 aromatic rings. The highest BCUT2D eigenvalue weighted by Gasteiger charge is 2.16. The summed E-state index contributed by atoms with van der Waals surface area (Å²) in [4.78, 5) is 24.1. The molecule has 0 saturated carbocycles. The average molecular weight is 508 g/mol. The molecule has 0 unspecified atom stereocenters. The van der Waals surface area contributed by atoms with Gasteiger partial charge in [-0.2, -0.15) is 5.10 Å². The van der Waals surface area contributed by atoms with Crippen LogP contribution in [0.3, 0.4) is 0 Å².